The summed E-state index contributed by atoms with van der Waals surface area (Å²) in [6.07, 6.45) is -0.988. The third-order valence-corrected chi connectivity index (χ3v) is 6.34. The molecule has 1 amide bonds. The fourth-order valence-corrected chi connectivity index (χ4v) is 4.65. The summed E-state index contributed by atoms with van der Waals surface area (Å²) in [5.74, 6) is -0.831. The van der Waals surface area contributed by atoms with Gasteiger partial charge in [-0.2, -0.15) is 13.2 Å². The molecule has 3 rings (SSSR count). The maximum atomic E-state index is 13.4. The molecule has 1 atom stereocenters. The molecule has 2 aliphatic rings. The summed E-state index contributed by atoms with van der Waals surface area (Å²) in [4.78, 5) is 39.2. The number of carbonyl (C=O) groups is 3. The number of esters is 1. The van der Waals surface area contributed by atoms with Crippen LogP contribution in [0, 0.1) is 11.8 Å². The maximum Gasteiger partial charge on any atom is 0.416 e. The largest absolute Gasteiger partial charge is 0.466 e. The highest BCUT2D eigenvalue weighted by atomic mass is 19.4. The highest BCUT2D eigenvalue weighted by molar-refractivity contribution is 6.10. The van der Waals surface area contributed by atoms with Crippen molar-refractivity contribution in [3.63, 3.8) is 0 Å². The van der Waals surface area contributed by atoms with E-state index in [1.165, 1.54) is 6.07 Å². The number of ketones is 1. The summed E-state index contributed by atoms with van der Waals surface area (Å²) in [5, 5.41) is 0. The zero-order valence-corrected chi connectivity index (χ0v) is 17.8. The fourth-order valence-electron chi connectivity index (χ4n) is 4.65. The van der Waals surface area contributed by atoms with E-state index in [4.69, 9.17) is 4.74 Å². The van der Waals surface area contributed by atoms with Crippen LogP contribution in [-0.2, 0) is 20.5 Å². The lowest BCUT2D eigenvalue weighted by atomic mass is 9.79. The minimum absolute atomic E-state index is 0.0226. The molecule has 5 nitrogen and oxygen atoms in total. The Balaban J connectivity index is 1.78. The van der Waals surface area contributed by atoms with E-state index in [0.717, 1.165) is 25.0 Å². The summed E-state index contributed by atoms with van der Waals surface area (Å²) in [6, 6.07) is 2.68. The summed E-state index contributed by atoms with van der Waals surface area (Å²) in [5.41, 5.74) is -0.653. The van der Waals surface area contributed by atoms with Crippen molar-refractivity contribution in [2.75, 3.05) is 11.5 Å². The Labute approximate surface area is 179 Å². The Bertz CT molecular complexity index is 844. The molecule has 1 heterocycles. The van der Waals surface area contributed by atoms with E-state index in [1.54, 1.807) is 11.8 Å². The number of Topliss-reactive ketones (excluding diaryl/α,β-unsaturated/α-hetero) is 1. The first-order chi connectivity index (χ1) is 14.7. The lowest BCUT2D eigenvalue weighted by molar-refractivity contribution is -0.144. The molecule has 0 radical (unpaired) electrons. The van der Waals surface area contributed by atoms with Crippen molar-refractivity contribution in [2.24, 2.45) is 11.8 Å². The van der Waals surface area contributed by atoms with Crippen LogP contribution >= 0.6 is 0 Å². The second-order valence-electron chi connectivity index (χ2n) is 8.35. The quantitative estimate of drug-likeness (QED) is 0.595. The standard InChI is InChI=1S/C23H28F3NO4/c1-3-17-13-20(28)18-12-16(23(24,25)26)9-10-19(18)27(17)22(30)15-7-5-14(6-8-15)11-21(29)31-4-2/h9-10,12,14-15,17H,3-8,11,13H2,1-2H3. The molecule has 170 valence electrons. The Kier molecular flexibility index (Phi) is 7.06. The van der Waals surface area contributed by atoms with Gasteiger partial charge in [0, 0.05) is 30.4 Å². The molecule has 1 aromatic rings. The van der Waals surface area contributed by atoms with Crippen molar-refractivity contribution in [1.29, 1.82) is 0 Å². The number of anilines is 1. The van der Waals surface area contributed by atoms with Gasteiger partial charge in [-0.25, -0.2) is 0 Å². The van der Waals surface area contributed by atoms with Gasteiger partial charge in [0.25, 0.3) is 0 Å². The highest BCUT2D eigenvalue weighted by Crippen LogP contribution is 2.40. The molecule has 31 heavy (non-hydrogen) atoms. The highest BCUT2D eigenvalue weighted by Gasteiger charge is 2.40. The lowest BCUT2D eigenvalue weighted by Gasteiger charge is -2.39. The van der Waals surface area contributed by atoms with Gasteiger partial charge in [0.15, 0.2) is 5.78 Å². The topological polar surface area (TPSA) is 63.7 Å². The monoisotopic (exact) mass is 439 g/mol. The van der Waals surface area contributed by atoms with E-state index < -0.39 is 11.7 Å². The number of ether oxygens (including phenoxy) is 1. The van der Waals surface area contributed by atoms with Gasteiger partial charge in [-0.1, -0.05) is 6.92 Å². The molecule has 0 N–H and O–H groups in total. The van der Waals surface area contributed by atoms with Crippen molar-refractivity contribution in [1.82, 2.24) is 0 Å². The predicted octanol–water partition coefficient (Wildman–Crippen LogP) is 5.16. The molecule has 1 saturated carbocycles. The first kappa shape index (κ1) is 23.3. The van der Waals surface area contributed by atoms with Crippen LogP contribution < -0.4 is 4.90 Å². The molecule has 1 fully saturated rings. The number of amides is 1. The average Bonchev–Trinajstić information content (AvgIpc) is 2.73. The molecule has 0 spiro atoms. The fraction of sp³-hybridized carbons (Fsp3) is 0.609. The SMILES string of the molecule is CCOC(=O)CC1CCC(C(=O)N2c3ccc(C(F)(F)F)cc3C(=O)CC2CC)CC1. The van der Waals surface area contributed by atoms with E-state index in [1.807, 2.05) is 6.92 Å². The third-order valence-electron chi connectivity index (χ3n) is 6.34. The van der Waals surface area contributed by atoms with E-state index in [9.17, 15) is 27.6 Å². The average molecular weight is 439 g/mol. The van der Waals surface area contributed by atoms with E-state index >= 15 is 0 Å². The number of benzene rings is 1. The number of nitrogens with zero attached hydrogens (tertiary/aromatic N) is 1. The number of carbonyl (C=O) groups excluding carboxylic acids is 3. The second-order valence-corrected chi connectivity index (χ2v) is 8.35. The molecule has 0 saturated heterocycles. The minimum atomic E-state index is -4.55. The predicted molar refractivity (Wildman–Crippen MR) is 109 cm³/mol. The van der Waals surface area contributed by atoms with E-state index in [-0.39, 0.29) is 53.2 Å². The van der Waals surface area contributed by atoms with Gasteiger partial charge < -0.3 is 9.64 Å². The van der Waals surface area contributed by atoms with Crippen LogP contribution in [0.25, 0.3) is 0 Å². The van der Waals surface area contributed by atoms with Gasteiger partial charge in [0.2, 0.25) is 5.91 Å². The summed E-state index contributed by atoms with van der Waals surface area (Å²) in [7, 11) is 0. The van der Waals surface area contributed by atoms with E-state index in [2.05, 4.69) is 0 Å². The van der Waals surface area contributed by atoms with Crippen LogP contribution in [-0.4, -0.2) is 30.3 Å². The number of hydrogen-bond donors (Lipinski definition) is 0. The van der Waals surface area contributed by atoms with Gasteiger partial charge in [0.05, 0.1) is 17.9 Å². The van der Waals surface area contributed by atoms with Gasteiger partial charge in [-0.05, 0) is 63.1 Å². The van der Waals surface area contributed by atoms with Gasteiger partial charge in [0.1, 0.15) is 0 Å². The van der Waals surface area contributed by atoms with Crippen LogP contribution in [0.2, 0.25) is 0 Å². The Morgan fingerprint density at radius 1 is 1.13 bits per heavy atom. The molecular formula is C23H28F3NO4. The first-order valence-corrected chi connectivity index (χ1v) is 10.9. The molecule has 0 aromatic heterocycles. The van der Waals surface area contributed by atoms with Crippen molar-refractivity contribution < 1.29 is 32.3 Å². The van der Waals surface area contributed by atoms with Gasteiger partial charge in [-0.15, -0.1) is 0 Å². The van der Waals surface area contributed by atoms with E-state index in [0.29, 0.717) is 32.3 Å². The zero-order chi connectivity index (χ0) is 22.8. The third kappa shape index (κ3) is 5.10. The minimum Gasteiger partial charge on any atom is -0.466 e. The molecule has 1 aromatic carbocycles. The lowest BCUT2D eigenvalue weighted by Crippen LogP contribution is -2.48. The molecular weight excluding hydrogens is 411 g/mol. The Morgan fingerprint density at radius 2 is 1.81 bits per heavy atom. The van der Waals surface area contributed by atoms with Crippen LogP contribution in [0.1, 0.15) is 74.7 Å². The van der Waals surface area contributed by atoms with Crippen LogP contribution in [0.4, 0.5) is 18.9 Å². The Hall–Kier alpha value is -2.38. The van der Waals surface area contributed by atoms with Gasteiger partial charge in [-0.3, -0.25) is 14.4 Å². The second kappa shape index (κ2) is 9.40. The molecule has 1 aliphatic heterocycles. The first-order valence-electron chi connectivity index (χ1n) is 10.9. The summed E-state index contributed by atoms with van der Waals surface area (Å²) < 4.78 is 44.4. The van der Waals surface area contributed by atoms with Crippen molar-refractivity contribution >= 4 is 23.3 Å². The molecule has 1 unspecified atom stereocenters. The summed E-state index contributed by atoms with van der Waals surface area (Å²) in [6.45, 7) is 3.97. The van der Waals surface area contributed by atoms with Crippen LogP contribution in [0.3, 0.4) is 0 Å². The van der Waals surface area contributed by atoms with Crippen LogP contribution in [0.5, 0.6) is 0 Å². The molecule has 0 bridgehead atoms. The summed E-state index contributed by atoms with van der Waals surface area (Å²) >= 11 is 0. The molecule has 8 heteroatoms. The van der Waals surface area contributed by atoms with Crippen LogP contribution in [0.15, 0.2) is 18.2 Å². The van der Waals surface area contributed by atoms with Crippen molar-refractivity contribution in [3.05, 3.63) is 29.3 Å². The van der Waals surface area contributed by atoms with Crippen molar-refractivity contribution in [2.45, 2.75) is 71.0 Å². The number of alkyl halides is 3. The normalized spacial score (nSPS) is 24.0. The zero-order valence-electron chi connectivity index (χ0n) is 17.8. The molecule has 1 aliphatic carbocycles. The smallest absolute Gasteiger partial charge is 0.416 e. The number of fused-ring (bicyclic) bond motifs is 1. The Morgan fingerprint density at radius 3 is 2.39 bits per heavy atom. The van der Waals surface area contributed by atoms with Gasteiger partial charge >= 0.3 is 12.1 Å². The van der Waals surface area contributed by atoms with Crippen molar-refractivity contribution in [3.8, 4) is 0 Å². The maximum absolute atomic E-state index is 13.4. The number of halogens is 3. The number of hydrogen-bond acceptors (Lipinski definition) is 4. The number of rotatable bonds is 5.